The summed E-state index contributed by atoms with van der Waals surface area (Å²) in [6, 6.07) is 49.0. The largest absolute Gasteiger partial charge is 0.755 e. The number of hydrogen-bond donors (Lipinski definition) is 6. The lowest BCUT2D eigenvalue weighted by Gasteiger charge is -2.19. The lowest BCUT2D eigenvalue weighted by molar-refractivity contribution is -0.385. The number of rotatable bonds is 19. The first-order chi connectivity index (χ1) is 44.4. The fourth-order valence-electron chi connectivity index (χ4n) is 7.48. The van der Waals surface area contributed by atoms with Gasteiger partial charge in [0.05, 0.1) is 19.7 Å². The van der Waals surface area contributed by atoms with E-state index in [-0.39, 0.29) is 28.0 Å². The third kappa shape index (κ3) is 22.8. The molecule has 0 amide bonds. The molecular weight excluding hydrogens is 1270 g/mol. The SMILES string of the molecule is CN(c1ccc(N)cc1)c1ccnc(Nc2cccc(NS(=O)[O-])c2)n1.CN(c1ccc([N+](=O)[O-])cc1)c1ccnc(Cl)n1.CN(c1ccc([N+](=O)[O-])cc1)c1ccnc(Nc2cccc(NS(=O)[O-])c2)n1.CNc1ccc([N+](=O)[O-])cc1.O=[N+]([O-])c1ccc(F)cc1. The molecule has 0 radical (unpaired) electrons. The molecule has 10 rings (SSSR count). The summed E-state index contributed by atoms with van der Waals surface area (Å²) >= 11 is 0.911. The zero-order valence-electron chi connectivity index (χ0n) is 49.0. The minimum atomic E-state index is -2.41. The minimum absolute atomic E-state index is 0.00898. The molecule has 35 heteroatoms. The molecular formula is C58H53ClFN19O12S2-2. The van der Waals surface area contributed by atoms with Gasteiger partial charge >= 0.3 is 0 Å². The third-order valence-corrected chi connectivity index (χ3v) is 13.1. The number of nitrogen functional groups attached to an aromatic ring is 1. The highest BCUT2D eigenvalue weighted by molar-refractivity contribution is 7.80. The molecule has 0 aliphatic heterocycles. The quantitative estimate of drug-likeness (QED) is 0.0144. The molecule has 480 valence electrons. The number of nitro groups is 4. The highest BCUT2D eigenvalue weighted by Crippen LogP contribution is 2.29. The van der Waals surface area contributed by atoms with Gasteiger partial charge in [-0.05, 0) is 139 Å². The number of nitrogens with zero attached hydrogens (tertiary/aromatic N) is 13. The highest BCUT2D eigenvalue weighted by atomic mass is 35.5. The van der Waals surface area contributed by atoms with Crippen LogP contribution in [0.15, 0.2) is 207 Å². The zero-order chi connectivity index (χ0) is 67.6. The molecule has 7 aromatic carbocycles. The first kappa shape index (κ1) is 70.1. The number of aromatic nitrogens is 6. The van der Waals surface area contributed by atoms with Crippen LogP contribution in [0.5, 0.6) is 0 Å². The lowest BCUT2D eigenvalue weighted by Crippen LogP contribution is -2.12. The van der Waals surface area contributed by atoms with E-state index in [9.17, 15) is 62.4 Å². The third-order valence-electron chi connectivity index (χ3n) is 12.1. The monoisotopic (exact) mass is 1330 g/mol. The second-order valence-corrected chi connectivity index (χ2v) is 20.0. The second-order valence-electron chi connectivity index (χ2n) is 18.3. The second kappa shape index (κ2) is 34.7. The molecule has 0 fully saturated rings. The summed E-state index contributed by atoms with van der Waals surface area (Å²) in [5, 5.41) is 50.6. The van der Waals surface area contributed by atoms with Crippen molar-refractivity contribution in [3.63, 3.8) is 0 Å². The number of benzene rings is 7. The first-order valence-electron chi connectivity index (χ1n) is 26.4. The van der Waals surface area contributed by atoms with Gasteiger partial charge in [-0.2, -0.15) is 9.97 Å². The van der Waals surface area contributed by atoms with Crippen molar-refractivity contribution in [2.24, 2.45) is 0 Å². The van der Waals surface area contributed by atoms with E-state index >= 15 is 0 Å². The van der Waals surface area contributed by atoms with E-state index in [4.69, 9.17) is 17.3 Å². The van der Waals surface area contributed by atoms with E-state index in [1.807, 2.05) is 36.2 Å². The van der Waals surface area contributed by atoms with E-state index in [1.54, 1.807) is 153 Å². The van der Waals surface area contributed by atoms with Crippen molar-refractivity contribution >= 4 is 137 Å². The first-order valence-corrected chi connectivity index (χ1v) is 29.0. The van der Waals surface area contributed by atoms with E-state index in [0.29, 0.717) is 57.8 Å². The average molecular weight is 1330 g/mol. The molecule has 2 atom stereocenters. The Labute approximate surface area is 538 Å². The lowest BCUT2D eigenvalue weighted by atomic mass is 10.2. The molecule has 7 N–H and O–H groups in total. The van der Waals surface area contributed by atoms with Gasteiger partial charge in [-0.15, -0.1) is 0 Å². The summed E-state index contributed by atoms with van der Waals surface area (Å²) in [6.07, 6.45) is 4.77. The van der Waals surface area contributed by atoms with Gasteiger partial charge < -0.3 is 54.9 Å². The predicted octanol–water partition coefficient (Wildman–Crippen LogP) is 12.1. The Morgan fingerprint density at radius 2 is 0.774 bits per heavy atom. The van der Waals surface area contributed by atoms with E-state index in [2.05, 4.69) is 55.3 Å². The van der Waals surface area contributed by atoms with Crippen LogP contribution in [-0.4, -0.2) is 95.3 Å². The van der Waals surface area contributed by atoms with Crippen LogP contribution in [-0.2, 0) is 22.5 Å². The van der Waals surface area contributed by atoms with Crippen molar-refractivity contribution in [3.05, 3.63) is 258 Å². The van der Waals surface area contributed by atoms with E-state index in [1.165, 1.54) is 36.4 Å². The molecule has 0 saturated heterocycles. The van der Waals surface area contributed by atoms with Crippen LogP contribution in [0.2, 0.25) is 5.28 Å². The van der Waals surface area contributed by atoms with Crippen molar-refractivity contribution < 1.29 is 41.6 Å². The number of hydrogen-bond acceptors (Lipinski definition) is 25. The molecule has 0 saturated carbocycles. The summed E-state index contributed by atoms with van der Waals surface area (Å²) in [7, 11) is 7.23. The molecule has 3 heterocycles. The molecule has 0 bridgehead atoms. The number of anilines is 14. The number of non-ortho nitro benzene ring substituents is 4. The van der Waals surface area contributed by atoms with Crippen LogP contribution in [0.1, 0.15) is 0 Å². The van der Waals surface area contributed by atoms with Gasteiger partial charge in [0.15, 0.2) is 0 Å². The van der Waals surface area contributed by atoms with Crippen LogP contribution in [0.25, 0.3) is 0 Å². The van der Waals surface area contributed by atoms with E-state index < -0.39 is 48.0 Å². The molecule has 10 aromatic rings. The summed E-state index contributed by atoms with van der Waals surface area (Å²) in [6.45, 7) is 0. The van der Waals surface area contributed by atoms with Gasteiger partial charge in [-0.3, -0.25) is 48.9 Å². The van der Waals surface area contributed by atoms with Gasteiger partial charge in [0.1, 0.15) is 23.3 Å². The topological polar surface area (TPSA) is 426 Å². The Morgan fingerprint density at radius 3 is 1.12 bits per heavy atom. The van der Waals surface area contributed by atoms with E-state index in [0.717, 1.165) is 47.0 Å². The van der Waals surface area contributed by atoms with Gasteiger partial charge in [0.2, 0.25) is 17.2 Å². The normalized spacial score (nSPS) is 10.8. The van der Waals surface area contributed by atoms with Crippen molar-refractivity contribution in [2.75, 3.05) is 74.0 Å². The fraction of sp³-hybridized carbons (Fsp3) is 0.0690. The maximum atomic E-state index is 12.1. The maximum Gasteiger partial charge on any atom is 0.269 e. The minimum Gasteiger partial charge on any atom is -0.755 e. The summed E-state index contributed by atoms with van der Waals surface area (Å²) < 4.78 is 59.7. The Morgan fingerprint density at radius 1 is 0.452 bits per heavy atom. The number of halogens is 2. The fourth-order valence-corrected chi connectivity index (χ4v) is 8.26. The maximum absolute atomic E-state index is 12.1. The summed E-state index contributed by atoms with van der Waals surface area (Å²) in [4.78, 5) is 70.2. The molecule has 93 heavy (non-hydrogen) atoms. The van der Waals surface area contributed by atoms with Crippen LogP contribution >= 0.6 is 11.6 Å². The molecule has 0 spiro atoms. The van der Waals surface area contributed by atoms with Crippen LogP contribution in [0.3, 0.4) is 0 Å². The van der Waals surface area contributed by atoms with Gasteiger partial charge in [0, 0.05) is 169 Å². The Hall–Kier alpha value is -12.0. The van der Waals surface area contributed by atoms with Crippen LogP contribution < -0.4 is 45.8 Å². The van der Waals surface area contributed by atoms with Gasteiger partial charge in [0.25, 0.3) is 22.7 Å². The van der Waals surface area contributed by atoms with Gasteiger partial charge in [-0.1, -0.05) is 12.1 Å². The smallest absolute Gasteiger partial charge is 0.269 e. The predicted molar refractivity (Wildman–Crippen MR) is 353 cm³/mol. The molecule has 3 aromatic heterocycles. The van der Waals surface area contributed by atoms with Crippen molar-refractivity contribution in [2.45, 2.75) is 0 Å². The Balaban J connectivity index is 0.000000194. The van der Waals surface area contributed by atoms with Crippen LogP contribution in [0, 0.1) is 46.3 Å². The van der Waals surface area contributed by atoms with Crippen molar-refractivity contribution in [3.8, 4) is 0 Å². The summed E-state index contributed by atoms with van der Waals surface area (Å²) in [5.41, 5.74) is 11.9. The standard InChI is InChI=1S/C17H16N6O4S.C17H18N6O2S.C11H9ClN4O2.C7H8N2O2.C6H4FNO2/c1-22(14-5-7-15(8-6-14)23(24)25)16-9-10-18-17(20-16)19-12-3-2-4-13(11-12)21-28(26)27;1-23(15-7-5-12(18)6-8-15)16-9-10-19-17(21-16)20-13-3-2-4-14(11-13)22-26(24)25;1-15(10-6-7-13-11(12)14-10)8-2-4-9(5-3-8)16(17)18;1-8-6-2-4-7(5-3-6)9(10)11;7-5-1-3-6(4-2-5)8(9)10/h2-11,21H,1H3,(H,26,27)(H,18,19,20);2-11,22H,18H2,1H3,(H,24,25)(H,19,20,21);2-7H,1H3;2-5,8H,1H3;1-4H/p-2. The number of nitro benzene ring substituents is 4. The number of nitrogens with one attached hydrogen (secondary N) is 5. The molecule has 0 aliphatic carbocycles. The van der Waals surface area contributed by atoms with Crippen molar-refractivity contribution in [1.29, 1.82) is 0 Å². The van der Waals surface area contributed by atoms with Crippen molar-refractivity contribution in [1.82, 2.24) is 29.9 Å². The number of nitrogens with two attached hydrogens (primary N) is 1. The Bertz CT molecular complexity index is 4190. The summed E-state index contributed by atoms with van der Waals surface area (Å²) in [5.74, 6) is 2.12. The van der Waals surface area contributed by atoms with Gasteiger partial charge in [-0.25, -0.2) is 24.3 Å². The van der Waals surface area contributed by atoms with Crippen LogP contribution in [0.4, 0.5) is 108 Å². The zero-order valence-corrected chi connectivity index (χ0v) is 51.4. The molecule has 2 unspecified atom stereocenters. The molecule has 31 nitrogen and oxygen atoms in total. The highest BCUT2D eigenvalue weighted by Gasteiger charge is 2.13. The average Bonchev–Trinajstić information content (AvgIpc) is 0.972. The molecule has 0 aliphatic rings. The Kier molecular flexibility index (Phi) is 26.2.